The minimum Gasteiger partial charge on any atom is -0.345 e. The number of amides is 4. The van der Waals surface area contributed by atoms with Gasteiger partial charge in [0, 0.05) is 55.2 Å². The number of fused-ring (bicyclic) bond motifs is 4. The lowest BCUT2D eigenvalue weighted by Crippen LogP contribution is -2.29. The second-order valence-corrected chi connectivity index (χ2v) is 33.5. The number of nitrogens with zero attached hydrogens (tertiary/aromatic N) is 1. The molecule has 8 aromatic carbocycles. The van der Waals surface area contributed by atoms with Gasteiger partial charge in [-0.05, 0) is 215 Å². The molecule has 12 rings (SSSR count). The average molecular weight is 1410 g/mol. The number of sulfone groups is 3. The van der Waals surface area contributed by atoms with Crippen LogP contribution in [0.2, 0.25) is 0 Å². The molecule has 4 atom stereocenters. The number of nitrogens with one attached hydrogen (secondary N) is 5. The van der Waals surface area contributed by atoms with Crippen molar-refractivity contribution in [3.05, 3.63) is 258 Å². The molecule has 5 N–H and O–H groups in total. The predicted octanol–water partition coefficient (Wildman–Crippen LogP) is 11.7. The molecule has 0 radical (unpaired) electrons. The Balaban J connectivity index is 0.000000153. The van der Waals surface area contributed by atoms with Crippen LogP contribution < -0.4 is 26.0 Å². The summed E-state index contributed by atoms with van der Waals surface area (Å²) in [6, 6.07) is 42.5. The first-order valence-corrected chi connectivity index (χ1v) is 38.9. The van der Waals surface area contributed by atoms with Crippen LogP contribution >= 0.6 is 0 Å². The van der Waals surface area contributed by atoms with E-state index in [0.29, 0.717) is 22.4 Å². The van der Waals surface area contributed by atoms with Crippen LogP contribution in [0.1, 0.15) is 164 Å². The molecular formula is C74H80F2N6O12S4. The molecule has 0 saturated carbocycles. The number of rotatable bonds is 14. The zero-order valence-corrected chi connectivity index (χ0v) is 59.4. The highest BCUT2D eigenvalue weighted by Gasteiger charge is 2.30. The minimum absolute atomic E-state index is 0.0158. The summed E-state index contributed by atoms with van der Waals surface area (Å²) in [5, 5.41) is 11.9. The average Bonchev–Trinajstić information content (AvgIpc) is 1.51. The lowest BCUT2D eigenvalue weighted by Gasteiger charge is -2.16. The largest absolute Gasteiger partial charge is 0.345 e. The second-order valence-electron chi connectivity index (χ2n) is 25.6. The first-order chi connectivity index (χ1) is 46.0. The molecule has 4 aliphatic carbocycles. The van der Waals surface area contributed by atoms with E-state index < -0.39 is 68.1 Å². The summed E-state index contributed by atoms with van der Waals surface area (Å²) in [6.45, 7) is 9.94. The van der Waals surface area contributed by atoms with E-state index in [1.54, 1.807) is 43.3 Å². The second kappa shape index (κ2) is 30.0. The highest BCUT2D eigenvalue weighted by molar-refractivity contribution is 7.91. The highest BCUT2D eigenvalue weighted by Crippen LogP contribution is 2.36. The molecule has 8 aromatic rings. The van der Waals surface area contributed by atoms with Crippen LogP contribution in [0.15, 0.2) is 166 Å². The number of aryl methyl sites for hydroxylation is 9. The number of benzene rings is 8. The van der Waals surface area contributed by atoms with Crippen molar-refractivity contribution in [3.63, 3.8) is 0 Å². The fourth-order valence-corrected chi connectivity index (χ4v) is 15.1. The predicted molar refractivity (Wildman–Crippen MR) is 375 cm³/mol. The van der Waals surface area contributed by atoms with Gasteiger partial charge in [0.25, 0.3) is 23.6 Å². The highest BCUT2D eigenvalue weighted by atomic mass is 32.2. The summed E-state index contributed by atoms with van der Waals surface area (Å²) >= 11 is 0. The van der Waals surface area contributed by atoms with E-state index >= 15 is 0 Å². The number of carbonyl (C=O) groups is 4. The Morgan fingerprint density at radius 3 is 1.10 bits per heavy atom. The van der Waals surface area contributed by atoms with E-state index in [1.165, 1.54) is 100 Å². The normalized spacial score (nSPS) is 16.6. The molecule has 0 unspecified atom stereocenters. The van der Waals surface area contributed by atoms with E-state index in [9.17, 15) is 61.6 Å². The summed E-state index contributed by atoms with van der Waals surface area (Å²) < 4.78 is 124. The first-order valence-electron chi connectivity index (χ1n) is 31.7. The van der Waals surface area contributed by atoms with E-state index in [4.69, 9.17) is 0 Å². The summed E-state index contributed by atoms with van der Waals surface area (Å²) in [6.07, 6.45) is 10.2. The van der Waals surface area contributed by atoms with Gasteiger partial charge in [-0.1, -0.05) is 95.1 Å². The quantitative estimate of drug-likeness (QED) is 0.0680. The van der Waals surface area contributed by atoms with Crippen LogP contribution in [0.3, 0.4) is 0 Å². The molecule has 0 heterocycles. The van der Waals surface area contributed by atoms with Crippen LogP contribution in [-0.4, -0.2) is 94.5 Å². The molecule has 4 amide bonds. The molecule has 0 aliphatic heterocycles. The van der Waals surface area contributed by atoms with Gasteiger partial charge >= 0.3 is 10.2 Å². The van der Waals surface area contributed by atoms with Gasteiger partial charge in [-0.2, -0.15) is 12.7 Å². The Labute approximate surface area is 573 Å². The lowest BCUT2D eigenvalue weighted by atomic mass is 10.0. The van der Waals surface area contributed by atoms with Gasteiger partial charge < -0.3 is 21.3 Å². The van der Waals surface area contributed by atoms with Crippen molar-refractivity contribution < 1.29 is 61.6 Å². The maximum Gasteiger partial charge on any atom is 0.301 e. The summed E-state index contributed by atoms with van der Waals surface area (Å²) in [5.41, 5.74) is 16.4. The van der Waals surface area contributed by atoms with Gasteiger partial charge in [0.1, 0.15) is 16.5 Å². The Morgan fingerprint density at radius 1 is 0.388 bits per heavy atom. The third-order valence-electron chi connectivity index (χ3n) is 17.7. The van der Waals surface area contributed by atoms with Crippen LogP contribution in [0.5, 0.6) is 0 Å². The van der Waals surface area contributed by atoms with Gasteiger partial charge in [0.2, 0.25) is 0 Å². The molecule has 0 spiro atoms. The van der Waals surface area contributed by atoms with Crippen molar-refractivity contribution in [3.8, 4) is 0 Å². The van der Waals surface area contributed by atoms with Crippen molar-refractivity contribution in [1.29, 1.82) is 0 Å². The van der Waals surface area contributed by atoms with Crippen LogP contribution in [-0.2, 0) is 65.4 Å². The van der Waals surface area contributed by atoms with Gasteiger partial charge in [-0.25, -0.2) is 34.0 Å². The van der Waals surface area contributed by atoms with Crippen molar-refractivity contribution in [2.75, 3.05) is 37.6 Å². The maximum absolute atomic E-state index is 14.1. The molecule has 0 bridgehead atoms. The fourth-order valence-electron chi connectivity index (χ4n) is 12.4. The first kappa shape index (κ1) is 73.3. The molecule has 4 aliphatic rings. The third-order valence-corrected chi connectivity index (χ3v) is 22.5. The van der Waals surface area contributed by atoms with Crippen molar-refractivity contribution in [2.45, 2.75) is 125 Å². The molecule has 18 nitrogen and oxygen atoms in total. The maximum atomic E-state index is 14.1. The Kier molecular flexibility index (Phi) is 22.5. The molecule has 98 heavy (non-hydrogen) atoms. The van der Waals surface area contributed by atoms with E-state index in [0.717, 1.165) is 97.5 Å². The zero-order valence-electron chi connectivity index (χ0n) is 56.1. The van der Waals surface area contributed by atoms with Crippen LogP contribution in [0, 0.1) is 46.3 Å². The lowest BCUT2D eigenvalue weighted by molar-refractivity contribution is 0.0925. The molecule has 24 heteroatoms. The minimum atomic E-state index is -3.65. The third kappa shape index (κ3) is 18.0. The number of halogens is 2. The monoisotopic (exact) mass is 1410 g/mol. The number of hydrogen-bond acceptors (Lipinski definition) is 12. The van der Waals surface area contributed by atoms with Gasteiger partial charge in [-0.15, -0.1) is 0 Å². The topological polar surface area (TPSA) is 268 Å². The number of anilines is 1. The van der Waals surface area contributed by atoms with Crippen LogP contribution in [0.25, 0.3) is 0 Å². The van der Waals surface area contributed by atoms with E-state index in [-0.39, 0.29) is 56.9 Å². The van der Waals surface area contributed by atoms with Gasteiger partial charge in [0.15, 0.2) is 29.5 Å². The molecule has 0 fully saturated rings. The van der Waals surface area contributed by atoms with Crippen molar-refractivity contribution in [1.82, 2.24) is 25.6 Å². The smallest absolute Gasteiger partial charge is 0.301 e. The fraction of sp³-hybridized carbons (Fsp3) is 0.297. The Hall–Kier alpha value is -8.94. The van der Waals surface area contributed by atoms with Crippen molar-refractivity contribution in [2.24, 2.45) is 0 Å². The SMILES string of the molecule is Cc1ccc2c(c1)CC[C@H]2NC(=O)c1ccc(NS(=O)(=O)N(C)C)cc1.Cc1ccc2c(c1)CC[C@H]2NC(=O)c1ccc(S(C)(=O)=O)c(F)c1.Cc1ccc2c(c1)CC[C@H]2NC(=O)c1ccc(S(C)(=O)=O)cc1C.Cc1ccc2c(c1)CC[C@H]2NC(=O)c1ccc(S(C)(=O)=O)cc1F. The molecular weight excluding hydrogens is 1330 g/mol. The van der Waals surface area contributed by atoms with E-state index in [2.05, 4.69) is 88.4 Å². The summed E-state index contributed by atoms with van der Waals surface area (Å²) in [7, 11) is -11.1. The standard InChI is InChI=1S/C19H23N3O3S.C19H21NO3S.2C18H18FNO3S/c1-13-4-10-17-15(12-13)7-11-18(17)20-19(23)14-5-8-16(9-6-14)21-26(24,25)22(2)3;1-12-4-7-17-14(10-12)5-9-18(17)20-19(21)16-8-6-15(11-13(16)2)24(3,22)23;1-11-3-6-14-12(9-11)4-8-17(14)20-18(21)15-7-5-13(10-16(15)19)24(2,22)23;1-11-3-6-14-12(9-11)4-7-16(14)20-18(21)13-5-8-17(15(19)10-13)24(2,22)23/h4-6,8-10,12,18,21H,7,11H2,1-3H3,(H,20,23);4,6-8,10-11,18H,5,9H2,1-3H3,(H,20,21);3,5-7,9-10,17H,4,8H2,1-2H3,(H,20,21);3,5-6,8-10,16H,4,7H2,1-2H3,(H,20,21)/t2*18-;17-;16-/m1111/s1. The Morgan fingerprint density at radius 2 is 0.745 bits per heavy atom. The number of hydrogen-bond donors (Lipinski definition) is 5. The molecule has 0 aromatic heterocycles. The summed E-state index contributed by atoms with van der Waals surface area (Å²) in [4.78, 5) is 49.5. The van der Waals surface area contributed by atoms with Crippen LogP contribution in [0.4, 0.5) is 14.5 Å². The van der Waals surface area contributed by atoms with E-state index in [1.807, 2.05) is 38.1 Å². The van der Waals surface area contributed by atoms with Gasteiger partial charge in [-0.3, -0.25) is 23.9 Å². The van der Waals surface area contributed by atoms with Crippen molar-refractivity contribution >= 4 is 69.0 Å². The molecule has 0 saturated heterocycles. The Bertz CT molecular complexity index is 4760. The summed E-state index contributed by atoms with van der Waals surface area (Å²) in [5.74, 6) is -3.01. The number of carbonyl (C=O) groups excluding carboxylic acids is 4. The zero-order chi connectivity index (χ0) is 71.3. The van der Waals surface area contributed by atoms with Gasteiger partial charge in [0.05, 0.1) is 39.5 Å². The molecule has 516 valence electrons.